The van der Waals surface area contributed by atoms with Crippen molar-refractivity contribution >= 4 is 15.5 Å². The Morgan fingerprint density at radius 2 is 2.11 bits per heavy atom. The minimum atomic E-state index is -3.29. The molecule has 1 aliphatic heterocycles. The Morgan fingerprint density at radius 3 is 2.67 bits per heavy atom. The summed E-state index contributed by atoms with van der Waals surface area (Å²) < 4.78 is 24.4. The molecular weight excluding hydrogens is 250 g/mol. The highest BCUT2D eigenvalue weighted by Gasteiger charge is 2.33. The van der Waals surface area contributed by atoms with E-state index >= 15 is 0 Å². The summed E-state index contributed by atoms with van der Waals surface area (Å²) >= 11 is 0. The zero-order valence-electron chi connectivity index (χ0n) is 10.9. The van der Waals surface area contributed by atoms with Crippen LogP contribution in [0.2, 0.25) is 0 Å². The topological polar surface area (TPSA) is 57.6 Å². The first-order valence-electron chi connectivity index (χ1n) is 6.07. The number of benzene rings is 1. The lowest BCUT2D eigenvalue weighted by atomic mass is 10.0. The van der Waals surface area contributed by atoms with Gasteiger partial charge in [0.1, 0.15) is 0 Å². The monoisotopic (exact) mass is 269 g/mol. The molecule has 1 aliphatic rings. The molecule has 0 aromatic heterocycles. The van der Waals surface area contributed by atoms with E-state index in [-0.39, 0.29) is 18.4 Å². The van der Waals surface area contributed by atoms with Crippen molar-refractivity contribution in [1.82, 2.24) is 0 Å². The smallest absolute Gasteiger partial charge is 0.182 e. The van der Waals surface area contributed by atoms with Crippen LogP contribution in [-0.2, 0) is 9.84 Å². The molecule has 0 saturated carbocycles. The van der Waals surface area contributed by atoms with Crippen LogP contribution in [0.5, 0.6) is 0 Å². The average molecular weight is 269 g/mol. The van der Waals surface area contributed by atoms with Gasteiger partial charge in [0.2, 0.25) is 0 Å². The molecule has 0 spiro atoms. The molecule has 0 radical (unpaired) electrons. The van der Waals surface area contributed by atoms with Crippen LogP contribution in [0.1, 0.15) is 25.3 Å². The summed E-state index contributed by atoms with van der Waals surface area (Å²) in [6.07, 6.45) is 0. The summed E-state index contributed by atoms with van der Waals surface area (Å²) in [5.41, 5.74) is 1.71. The molecule has 0 aliphatic carbocycles. The van der Waals surface area contributed by atoms with Gasteiger partial charge < -0.3 is 10.0 Å². The van der Waals surface area contributed by atoms with Crippen molar-refractivity contribution in [3.8, 4) is 0 Å². The van der Waals surface area contributed by atoms with Gasteiger partial charge in [-0.1, -0.05) is 19.9 Å². The number of sulfone groups is 1. The summed E-state index contributed by atoms with van der Waals surface area (Å²) in [5, 5.41) is 9.26. The molecule has 1 heterocycles. The van der Waals surface area contributed by atoms with Crippen molar-refractivity contribution in [3.63, 3.8) is 0 Å². The van der Waals surface area contributed by atoms with Gasteiger partial charge in [0.05, 0.1) is 29.0 Å². The molecule has 1 atom stereocenters. The number of anilines is 1. The fourth-order valence-electron chi connectivity index (χ4n) is 2.26. The summed E-state index contributed by atoms with van der Waals surface area (Å²) in [6.45, 7) is 3.93. The van der Waals surface area contributed by atoms with Crippen LogP contribution in [-0.4, -0.2) is 39.0 Å². The lowest BCUT2D eigenvalue weighted by Gasteiger charge is -2.34. The van der Waals surface area contributed by atoms with E-state index in [9.17, 15) is 13.5 Å². The first-order valence-corrected chi connectivity index (χ1v) is 7.72. The number of hydrogen-bond donors (Lipinski definition) is 1. The highest BCUT2D eigenvalue weighted by Crippen LogP contribution is 2.34. The number of likely N-dealkylation sites (N-methyl/N-ethyl adjacent to an activating group) is 1. The second-order valence-electron chi connectivity index (χ2n) is 5.11. The van der Waals surface area contributed by atoms with E-state index in [1.165, 1.54) is 0 Å². The zero-order chi connectivity index (χ0) is 13.5. The molecule has 0 amide bonds. The van der Waals surface area contributed by atoms with Crippen LogP contribution in [0.15, 0.2) is 23.1 Å². The normalized spacial score (nSPS) is 22.1. The molecular formula is C13H19NO3S. The van der Waals surface area contributed by atoms with E-state index in [0.29, 0.717) is 16.5 Å². The second kappa shape index (κ2) is 4.55. The molecule has 1 aromatic rings. The predicted molar refractivity (Wildman–Crippen MR) is 71.9 cm³/mol. The Bertz CT molecular complexity index is 551. The van der Waals surface area contributed by atoms with E-state index in [1.54, 1.807) is 6.07 Å². The maximum absolute atomic E-state index is 12.2. The molecule has 0 fully saturated rings. The van der Waals surface area contributed by atoms with Crippen LogP contribution >= 0.6 is 0 Å². The third kappa shape index (κ3) is 2.12. The van der Waals surface area contributed by atoms with Gasteiger partial charge in [0, 0.05) is 7.05 Å². The van der Waals surface area contributed by atoms with Crippen LogP contribution in [0.3, 0.4) is 0 Å². The molecule has 0 saturated heterocycles. The molecule has 100 valence electrons. The third-order valence-electron chi connectivity index (χ3n) is 3.54. The van der Waals surface area contributed by atoms with E-state index in [4.69, 9.17) is 0 Å². The minimum absolute atomic E-state index is 0.0193. The number of aliphatic hydroxyl groups excluding tert-OH is 1. The third-order valence-corrected chi connectivity index (χ3v) is 5.36. The Labute approximate surface area is 108 Å². The SMILES string of the molecule is CC(C)c1ccc2c(c1)S(=O)(=O)CC(CO)N2C. The number of fused-ring (bicyclic) bond motifs is 1. The standard InChI is InChI=1S/C13H19NO3S/c1-9(2)10-4-5-12-13(6-10)18(16,17)8-11(7-15)14(12)3/h4-6,9,11,15H,7-8H2,1-3H3. The molecule has 1 N–H and O–H groups in total. The maximum Gasteiger partial charge on any atom is 0.182 e. The predicted octanol–water partition coefficient (Wildman–Crippen LogP) is 1.39. The van der Waals surface area contributed by atoms with Crippen molar-refractivity contribution in [2.75, 3.05) is 24.3 Å². The molecule has 4 nitrogen and oxygen atoms in total. The average Bonchev–Trinajstić information content (AvgIpc) is 2.33. The van der Waals surface area contributed by atoms with E-state index < -0.39 is 9.84 Å². The van der Waals surface area contributed by atoms with Gasteiger partial charge >= 0.3 is 0 Å². The van der Waals surface area contributed by atoms with Crippen LogP contribution in [0, 0.1) is 0 Å². The van der Waals surface area contributed by atoms with Gasteiger partial charge in [0.15, 0.2) is 9.84 Å². The Balaban J connectivity index is 2.59. The first-order chi connectivity index (χ1) is 8.36. The number of hydrogen-bond acceptors (Lipinski definition) is 4. The Hall–Kier alpha value is -1.07. The van der Waals surface area contributed by atoms with Gasteiger partial charge in [0.25, 0.3) is 0 Å². The lowest BCUT2D eigenvalue weighted by Crippen LogP contribution is -2.44. The van der Waals surface area contributed by atoms with Crippen molar-refractivity contribution < 1.29 is 13.5 Å². The van der Waals surface area contributed by atoms with Crippen LogP contribution < -0.4 is 4.90 Å². The van der Waals surface area contributed by atoms with E-state index in [2.05, 4.69) is 0 Å². The number of rotatable bonds is 2. The van der Waals surface area contributed by atoms with E-state index in [1.807, 2.05) is 37.9 Å². The van der Waals surface area contributed by atoms with Crippen molar-refractivity contribution in [3.05, 3.63) is 23.8 Å². The fraction of sp³-hybridized carbons (Fsp3) is 0.538. The van der Waals surface area contributed by atoms with Crippen molar-refractivity contribution in [2.24, 2.45) is 0 Å². The highest BCUT2D eigenvalue weighted by molar-refractivity contribution is 7.91. The molecule has 5 heteroatoms. The van der Waals surface area contributed by atoms with Crippen molar-refractivity contribution in [2.45, 2.75) is 30.7 Å². The van der Waals surface area contributed by atoms with Gasteiger partial charge in [-0.05, 0) is 23.6 Å². The Morgan fingerprint density at radius 1 is 1.44 bits per heavy atom. The van der Waals surface area contributed by atoms with Gasteiger partial charge in [-0.15, -0.1) is 0 Å². The number of nitrogens with zero attached hydrogens (tertiary/aromatic N) is 1. The summed E-state index contributed by atoms with van der Waals surface area (Å²) in [4.78, 5) is 2.24. The summed E-state index contributed by atoms with van der Waals surface area (Å²) in [5.74, 6) is 0.278. The summed E-state index contributed by atoms with van der Waals surface area (Å²) in [7, 11) is -1.47. The van der Waals surface area contributed by atoms with Crippen molar-refractivity contribution in [1.29, 1.82) is 0 Å². The highest BCUT2D eigenvalue weighted by atomic mass is 32.2. The largest absolute Gasteiger partial charge is 0.394 e. The quantitative estimate of drug-likeness (QED) is 0.881. The second-order valence-corrected chi connectivity index (χ2v) is 7.11. The first kappa shape index (κ1) is 13.4. The van der Waals surface area contributed by atoms with Gasteiger partial charge in [-0.25, -0.2) is 8.42 Å². The number of aliphatic hydroxyl groups is 1. The molecule has 1 aromatic carbocycles. The molecule has 18 heavy (non-hydrogen) atoms. The van der Waals surface area contributed by atoms with Gasteiger partial charge in [-0.2, -0.15) is 0 Å². The molecule has 2 rings (SSSR count). The van der Waals surface area contributed by atoms with Crippen LogP contribution in [0.4, 0.5) is 5.69 Å². The molecule has 0 bridgehead atoms. The Kier molecular flexibility index (Phi) is 3.38. The minimum Gasteiger partial charge on any atom is -0.394 e. The molecule has 1 unspecified atom stereocenters. The fourth-order valence-corrected chi connectivity index (χ4v) is 4.12. The van der Waals surface area contributed by atoms with E-state index in [0.717, 1.165) is 5.56 Å². The zero-order valence-corrected chi connectivity index (χ0v) is 11.7. The lowest BCUT2D eigenvalue weighted by molar-refractivity contribution is 0.269. The van der Waals surface area contributed by atoms with Gasteiger partial charge in [-0.3, -0.25) is 0 Å². The van der Waals surface area contributed by atoms with Crippen LogP contribution in [0.25, 0.3) is 0 Å². The summed E-state index contributed by atoms with van der Waals surface area (Å²) in [6, 6.07) is 5.20. The maximum atomic E-state index is 12.2.